The van der Waals surface area contributed by atoms with Crippen LogP contribution in [0.1, 0.15) is 89.2 Å². The van der Waals surface area contributed by atoms with E-state index in [1.165, 1.54) is 6.92 Å². The first kappa shape index (κ1) is 38.8. The third kappa shape index (κ3) is 5.08. The standard InChI is InChI=1S/C28H32O7.C20H18O6/c1-14(29)34-17-12-26(5)16(15-8-10-33-13-15)11-19-28(26,35-19)27(6)21(17)25(4)9-7-18(30)24(2,3)22(25)20(31)23(27)32;1-3-15-17(25-9-23-15)5-11(1)19-13-7-22-20(14(13)8-21-19)12-2-4-16-18(6-12)26-10-24-16/h7-10,13,16-17,19,21,31H,11-12H2,1-6H3;1-6,13-14,19-20H,7-10H2. The predicted octanol–water partition coefficient (Wildman–Crippen LogP) is 7.65. The molecule has 2 aromatic carbocycles. The van der Waals surface area contributed by atoms with Crippen LogP contribution in [-0.2, 0) is 33.3 Å². The zero-order valence-electron chi connectivity index (χ0n) is 35.1. The second-order valence-electron chi connectivity index (χ2n) is 19.4. The number of fused-ring (bicyclic) bond motifs is 6. The highest BCUT2D eigenvalue weighted by molar-refractivity contribution is 6.06. The minimum Gasteiger partial charge on any atom is -0.504 e. The molecular weight excluding hydrogens is 785 g/mol. The van der Waals surface area contributed by atoms with Crippen LogP contribution in [0.5, 0.6) is 23.0 Å². The molecule has 0 bridgehead atoms. The molecule has 12 unspecified atom stereocenters. The summed E-state index contributed by atoms with van der Waals surface area (Å²) in [5.41, 5.74) is -0.815. The maximum atomic E-state index is 14.3. The minimum atomic E-state index is -1.17. The first-order valence-corrected chi connectivity index (χ1v) is 21.3. The van der Waals surface area contributed by atoms with Crippen molar-refractivity contribution < 1.29 is 61.8 Å². The van der Waals surface area contributed by atoms with Crippen LogP contribution in [0, 0.1) is 39.4 Å². The van der Waals surface area contributed by atoms with Gasteiger partial charge in [-0.05, 0) is 98.2 Å². The van der Waals surface area contributed by atoms with Crippen LogP contribution in [0.15, 0.2) is 82.9 Å². The number of rotatable bonds is 4. The molecule has 13 nitrogen and oxygen atoms in total. The van der Waals surface area contributed by atoms with Gasteiger partial charge in [0.25, 0.3) is 0 Å². The van der Waals surface area contributed by atoms with Gasteiger partial charge in [0.1, 0.15) is 11.7 Å². The van der Waals surface area contributed by atoms with E-state index in [2.05, 4.69) is 19.1 Å². The number of carbonyl (C=O) groups is 3. The van der Waals surface area contributed by atoms with Gasteiger partial charge in [0.05, 0.1) is 54.9 Å². The number of furan rings is 1. The summed E-state index contributed by atoms with van der Waals surface area (Å²) in [4.78, 5) is 39.6. The van der Waals surface area contributed by atoms with E-state index in [1.54, 1.807) is 38.5 Å². The van der Waals surface area contributed by atoms with Gasteiger partial charge in [-0.2, -0.15) is 0 Å². The molecule has 2 saturated carbocycles. The van der Waals surface area contributed by atoms with Gasteiger partial charge < -0.3 is 47.4 Å². The Bertz CT molecular complexity index is 2360. The smallest absolute Gasteiger partial charge is 0.302 e. The Morgan fingerprint density at radius 1 is 0.803 bits per heavy atom. The Labute approximate surface area is 353 Å². The molecule has 5 aliphatic heterocycles. The van der Waals surface area contributed by atoms with Crippen LogP contribution >= 0.6 is 0 Å². The van der Waals surface area contributed by atoms with E-state index in [0.29, 0.717) is 43.5 Å². The van der Waals surface area contributed by atoms with Crippen LogP contribution < -0.4 is 18.9 Å². The minimum absolute atomic E-state index is 0.0218. The fourth-order valence-electron chi connectivity index (χ4n) is 13.6. The predicted molar refractivity (Wildman–Crippen MR) is 214 cm³/mol. The van der Waals surface area contributed by atoms with Crippen LogP contribution in [0.2, 0.25) is 0 Å². The molecule has 13 heteroatoms. The van der Waals surface area contributed by atoms with Crippen molar-refractivity contribution in [3.8, 4) is 23.0 Å². The van der Waals surface area contributed by atoms with E-state index in [9.17, 15) is 19.5 Å². The Kier molecular flexibility index (Phi) is 8.24. The van der Waals surface area contributed by atoms with E-state index in [4.69, 9.17) is 42.3 Å². The van der Waals surface area contributed by atoms with Gasteiger partial charge in [-0.25, -0.2) is 0 Å². The first-order chi connectivity index (χ1) is 29.1. The van der Waals surface area contributed by atoms with Gasteiger partial charge in [-0.15, -0.1) is 0 Å². The van der Waals surface area contributed by atoms with E-state index >= 15 is 0 Å². The molecule has 0 amide bonds. The topological polar surface area (TPSA) is 162 Å². The van der Waals surface area contributed by atoms with Gasteiger partial charge in [0.15, 0.2) is 34.5 Å². The van der Waals surface area contributed by atoms with Gasteiger partial charge >= 0.3 is 5.97 Å². The lowest BCUT2D eigenvalue weighted by Crippen LogP contribution is -2.70. The second-order valence-corrected chi connectivity index (χ2v) is 19.4. The largest absolute Gasteiger partial charge is 0.504 e. The maximum Gasteiger partial charge on any atom is 0.302 e. The number of allylic oxidation sites excluding steroid dienone is 4. The molecule has 3 saturated heterocycles. The molecule has 61 heavy (non-hydrogen) atoms. The van der Waals surface area contributed by atoms with Crippen LogP contribution in [0.3, 0.4) is 0 Å². The fraction of sp³-hybridized carbons (Fsp3) is 0.521. The average molecular weight is 835 g/mol. The van der Waals surface area contributed by atoms with E-state index < -0.39 is 51.0 Å². The highest BCUT2D eigenvalue weighted by Crippen LogP contribution is 2.81. The number of Topliss-reactive ketones (excluding diaryl/α,β-unsaturated/α-hetero) is 1. The molecule has 4 aliphatic carbocycles. The highest BCUT2D eigenvalue weighted by Gasteiger charge is 2.89. The molecule has 1 N–H and O–H groups in total. The number of hydrogen-bond donors (Lipinski definition) is 1. The van der Waals surface area contributed by atoms with Crippen molar-refractivity contribution in [1.82, 2.24) is 0 Å². The highest BCUT2D eigenvalue weighted by atomic mass is 16.7. The maximum absolute atomic E-state index is 14.3. The molecule has 5 fully saturated rings. The third-order valence-electron chi connectivity index (χ3n) is 16.1. The summed E-state index contributed by atoms with van der Waals surface area (Å²) in [5, 5.41) is 11.5. The number of benzene rings is 2. The van der Waals surface area contributed by atoms with Gasteiger partial charge in [0.2, 0.25) is 19.4 Å². The number of aliphatic hydroxyl groups excluding tert-OH is 1. The van der Waals surface area contributed by atoms with E-state index in [-0.39, 0.29) is 49.4 Å². The molecule has 12 atom stereocenters. The Morgan fingerprint density at radius 2 is 1.41 bits per heavy atom. The summed E-state index contributed by atoms with van der Waals surface area (Å²) in [6.45, 7) is 12.7. The number of aliphatic hydroxyl groups is 1. The number of ketones is 2. The molecular formula is C48H50O13. The van der Waals surface area contributed by atoms with Crippen molar-refractivity contribution >= 4 is 17.5 Å². The number of ether oxygens (including phenoxy) is 8. The molecule has 1 aromatic heterocycles. The van der Waals surface area contributed by atoms with Gasteiger partial charge in [-0.1, -0.05) is 32.1 Å². The molecule has 320 valence electrons. The summed E-state index contributed by atoms with van der Waals surface area (Å²) < 4.78 is 52.1. The molecule has 0 radical (unpaired) electrons. The first-order valence-electron chi connectivity index (χ1n) is 21.3. The number of hydrogen-bond acceptors (Lipinski definition) is 13. The summed E-state index contributed by atoms with van der Waals surface area (Å²) in [6.07, 6.45) is 7.22. The zero-order valence-corrected chi connectivity index (χ0v) is 35.1. The lowest BCUT2D eigenvalue weighted by molar-refractivity contribution is -0.200. The Balaban J connectivity index is 0.000000143. The van der Waals surface area contributed by atoms with Crippen molar-refractivity contribution in [3.63, 3.8) is 0 Å². The molecule has 1 spiro atoms. The lowest BCUT2D eigenvalue weighted by Gasteiger charge is -2.64. The Hall–Kier alpha value is -5.11. The second kappa shape index (κ2) is 13.0. The molecule has 9 aliphatic rings. The lowest BCUT2D eigenvalue weighted by atomic mass is 9.38. The molecule has 12 rings (SSSR count). The Morgan fingerprint density at radius 3 is 1.98 bits per heavy atom. The third-order valence-corrected chi connectivity index (χ3v) is 16.1. The van der Waals surface area contributed by atoms with Crippen molar-refractivity contribution in [3.05, 3.63) is 95.2 Å². The van der Waals surface area contributed by atoms with Crippen molar-refractivity contribution in [1.29, 1.82) is 0 Å². The summed E-state index contributed by atoms with van der Waals surface area (Å²) in [6, 6.07) is 14.1. The van der Waals surface area contributed by atoms with Crippen LogP contribution in [0.25, 0.3) is 0 Å². The van der Waals surface area contributed by atoms with E-state index in [1.807, 2.05) is 44.2 Å². The van der Waals surface area contributed by atoms with Gasteiger partial charge in [0, 0.05) is 35.5 Å². The van der Waals surface area contributed by atoms with Crippen LogP contribution in [0.4, 0.5) is 0 Å². The molecule has 3 aromatic rings. The van der Waals surface area contributed by atoms with Crippen molar-refractivity contribution in [2.75, 3.05) is 26.8 Å². The fourth-order valence-corrected chi connectivity index (χ4v) is 13.6. The zero-order chi connectivity index (χ0) is 42.4. The van der Waals surface area contributed by atoms with Crippen LogP contribution in [-0.4, -0.2) is 67.3 Å². The normalized spacial score (nSPS) is 40.0. The molecule has 6 heterocycles. The summed E-state index contributed by atoms with van der Waals surface area (Å²) in [7, 11) is 0. The summed E-state index contributed by atoms with van der Waals surface area (Å²) >= 11 is 0. The van der Waals surface area contributed by atoms with E-state index in [0.717, 1.165) is 39.7 Å². The van der Waals surface area contributed by atoms with Gasteiger partial charge in [-0.3, -0.25) is 14.4 Å². The van der Waals surface area contributed by atoms with Crippen molar-refractivity contribution in [2.24, 2.45) is 39.4 Å². The number of carbonyl (C=O) groups excluding carboxylic acids is 3. The number of esters is 1. The average Bonchev–Trinajstić information content (AvgIpc) is 3.96. The van der Waals surface area contributed by atoms with Crippen molar-refractivity contribution in [2.45, 2.75) is 90.3 Å². The SMILES string of the molecule is CC(=O)OC1CC2(C)C(c3ccoc3)CC3OC32C2(C)C(=O)C(O)=C3C(C)(C)C(=O)C=CC3(C)C12.c1cc2c(cc1C1OCC3C(c4ccc5c(c4)OCO5)OCC13)OCO2. The number of epoxide rings is 1. The quantitative estimate of drug-likeness (QED) is 0.202. The summed E-state index contributed by atoms with van der Waals surface area (Å²) in [5.74, 6) is 1.99. The monoisotopic (exact) mass is 834 g/mol.